The number of hydrogen-bond acceptors (Lipinski definition) is 4. The van der Waals surface area contributed by atoms with Gasteiger partial charge in [0, 0.05) is 24.8 Å². The highest BCUT2D eigenvalue weighted by molar-refractivity contribution is 5.67. The minimum absolute atomic E-state index is 0.289. The van der Waals surface area contributed by atoms with Crippen molar-refractivity contribution in [3.05, 3.63) is 30.3 Å². The molecule has 1 heterocycles. The zero-order valence-corrected chi connectivity index (χ0v) is 13.1. The highest BCUT2D eigenvalue weighted by atomic mass is 16.6. The van der Waals surface area contributed by atoms with Crippen LogP contribution in [0.2, 0.25) is 0 Å². The van der Waals surface area contributed by atoms with Crippen molar-refractivity contribution in [2.24, 2.45) is 0 Å². The molecular formula is C16H25N3O2. The van der Waals surface area contributed by atoms with Crippen LogP contribution in [-0.2, 0) is 4.74 Å². The lowest BCUT2D eigenvalue weighted by atomic mass is 10.1. The third-order valence-corrected chi connectivity index (χ3v) is 3.39. The van der Waals surface area contributed by atoms with Crippen LogP contribution in [0.15, 0.2) is 30.3 Å². The number of carbonyl (C=O) groups excluding carboxylic acids is 1. The van der Waals surface area contributed by atoms with E-state index in [0.717, 1.165) is 25.9 Å². The number of anilines is 1. The molecule has 0 atom stereocenters. The molecule has 2 N–H and O–H groups in total. The summed E-state index contributed by atoms with van der Waals surface area (Å²) in [5.41, 5.74) is 6.49. The van der Waals surface area contributed by atoms with Gasteiger partial charge >= 0.3 is 6.09 Å². The van der Waals surface area contributed by atoms with Gasteiger partial charge in [0.1, 0.15) is 5.60 Å². The minimum atomic E-state index is -0.470. The Balaban J connectivity index is 1.71. The van der Waals surface area contributed by atoms with E-state index in [0.29, 0.717) is 0 Å². The largest absolute Gasteiger partial charge is 0.443 e. The lowest BCUT2D eigenvalue weighted by molar-refractivity contribution is 0.0484. The number of carbonyl (C=O) groups is 1. The number of ether oxygens (including phenoxy) is 1. The zero-order valence-electron chi connectivity index (χ0n) is 13.1. The van der Waals surface area contributed by atoms with Crippen molar-refractivity contribution in [3.63, 3.8) is 0 Å². The fraction of sp³-hybridized carbons (Fsp3) is 0.562. The number of benzene rings is 1. The molecule has 0 saturated carbocycles. The van der Waals surface area contributed by atoms with Gasteiger partial charge in [-0.25, -0.2) is 10.2 Å². The van der Waals surface area contributed by atoms with Crippen LogP contribution in [-0.4, -0.2) is 30.8 Å². The van der Waals surface area contributed by atoms with Crippen LogP contribution in [0.5, 0.6) is 0 Å². The SMILES string of the molecule is CC(C)(C)OC(=O)NNC1CCN(c2ccccc2)CC1. The van der Waals surface area contributed by atoms with Gasteiger partial charge in [-0.1, -0.05) is 18.2 Å². The molecule has 0 unspecified atom stereocenters. The average Bonchev–Trinajstić information content (AvgIpc) is 2.45. The Bertz CT molecular complexity index is 448. The molecular weight excluding hydrogens is 266 g/mol. The first-order valence-corrected chi connectivity index (χ1v) is 7.48. The van der Waals surface area contributed by atoms with Crippen molar-refractivity contribution in [2.45, 2.75) is 45.3 Å². The van der Waals surface area contributed by atoms with E-state index in [1.54, 1.807) is 0 Å². The Kier molecular flexibility index (Phi) is 5.07. The van der Waals surface area contributed by atoms with Gasteiger partial charge in [-0.05, 0) is 45.7 Å². The average molecular weight is 291 g/mol. The van der Waals surface area contributed by atoms with Crippen LogP contribution < -0.4 is 15.8 Å². The lowest BCUT2D eigenvalue weighted by Crippen LogP contribution is -2.50. The summed E-state index contributed by atoms with van der Waals surface area (Å²) in [7, 11) is 0. The highest BCUT2D eigenvalue weighted by Crippen LogP contribution is 2.19. The second-order valence-corrected chi connectivity index (χ2v) is 6.37. The van der Waals surface area contributed by atoms with E-state index in [1.165, 1.54) is 5.69 Å². The minimum Gasteiger partial charge on any atom is -0.443 e. The van der Waals surface area contributed by atoms with Gasteiger partial charge < -0.3 is 9.64 Å². The molecule has 5 heteroatoms. The van der Waals surface area contributed by atoms with Crippen LogP contribution in [0.3, 0.4) is 0 Å². The Morgan fingerprint density at radius 2 is 1.81 bits per heavy atom. The summed E-state index contributed by atoms with van der Waals surface area (Å²) >= 11 is 0. The number of rotatable bonds is 3. The summed E-state index contributed by atoms with van der Waals surface area (Å²) in [4.78, 5) is 13.9. The molecule has 1 fully saturated rings. The number of para-hydroxylation sites is 1. The van der Waals surface area contributed by atoms with Crippen LogP contribution in [0.1, 0.15) is 33.6 Å². The summed E-state index contributed by atoms with van der Waals surface area (Å²) < 4.78 is 5.20. The van der Waals surface area contributed by atoms with Crippen LogP contribution in [0.4, 0.5) is 10.5 Å². The smallest absolute Gasteiger partial charge is 0.422 e. The number of piperidine rings is 1. The summed E-state index contributed by atoms with van der Waals surface area (Å²) in [6.07, 6.45) is 1.56. The second-order valence-electron chi connectivity index (χ2n) is 6.37. The van der Waals surface area contributed by atoms with Gasteiger partial charge in [-0.15, -0.1) is 0 Å². The third-order valence-electron chi connectivity index (χ3n) is 3.39. The van der Waals surface area contributed by atoms with Crippen molar-refractivity contribution >= 4 is 11.8 Å². The van der Waals surface area contributed by atoms with Crippen molar-refractivity contribution in [2.75, 3.05) is 18.0 Å². The van der Waals surface area contributed by atoms with Crippen LogP contribution in [0, 0.1) is 0 Å². The highest BCUT2D eigenvalue weighted by Gasteiger charge is 2.21. The van der Waals surface area contributed by atoms with Gasteiger partial charge in [-0.3, -0.25) is 5.43 Å². The molecule has 5 nitrogen and oxygen atoms in total. The first-order valence-electron chi connectivity index (χ1n) is 7.48. The Morgan fingerprint density at radius 1 is 1.19 bits per heavy atom. The van der Waals surface area contributed by atoms with Crippen molar-refractivity contribution < 1.29 is 9.53 Å². The molecule has 0 spiro atoms. The number of hydrazine groups is 1. The summed E-state index contributed by atoms with van der Waals surface area (Å²) in [6, 6.07) is 10.7. The van der Waals surface area contributed by atoms with Crippen LogP contribution >= 0.6 is 0 Å². The first-order chi connectivity index (χ1) is 9.94. The standard InChI is InChI=1S/C16H25N3O2/c1-16(2,3)21-15(20)18-17-13-9-11-19(12-10-13)14-7-5-4-6-8-14/h4-8,13,17H,9-12H2,1-3H3,(H,18,20). The molecule has 0 aliphatic carbocycles. The van der Waals surface area contributed by atoms with Gasteiger partial charge in [-0.2, -0.15) is 0 Å². The maximum Gasteiger partial charge on any atom is 0.422 e. The maximum atomic E-state index is 11.6. The third kappa shape index (κ3) is 5.27. The van der Waals surface area contributed by atoms with Crippen LogP contribution in [0.25, 0.3) is 0 Å². The maximum absolute atomic E-state index is 11.6. The predicted octanol–water partition coefficient (Wildman–Crippen LogP) is 2.68. The van der Waals surface area contributed by atoms with Gasteiger partial charge in [0.25, 0.3) is 0 Å². The van der Waals surface area contributed by atoms with E-state index in [4.69, 9.17) is 4.74 Å². The van der Waals surface area contributed by atoms with E-state index in [9.17, 15) is 4.79 Å². The van der Waals surface area contributed by atoms with Gasteiger partial charge in [0.05, 0.1) is 0 Å². The number of nitrogens with zero attached hydrogens (tertiary/aromatic N) is 1. The molecule has 2 rings (SSSR count). The predicted molar refractivity (Wildman–Crippen MR) is 84.2 cm³/mol. The van der Waals surface area contributed by atoms with E-state index >= 15 is 0 Å². The first kappa shape index (κ1) is 15.6. The van der Waals surface area contributed by atoms with Gasteiger partial charge in [0.2, 0.25) is 0 Å². The summed E-state index contributed by atoms with van der Waals surface area (Å²) in [6.45, 7) is 7.52. The fourth-order valence-corrected chi connectivity index (χ4v) is 2.39. The second kappa shape index (κ2) is 6.80. The molecule has 1 amide bonds. The van der Waals surface area contributed by atoms with E-state index in [2.05, 4.69) is 40.0 Å². The monoisotopic (exact) mass is 291 g/mol. The number of nitrogens with one attached hydrogen (secondary N) is 2. The molecule has 1 aromatic carbocycles. The molecule has 116 valence electrons. The Morgan fingerprint density at radius 3 is 2.38 bits per heavy atom. The molecule has 0 aromatic heterocycles. The normalized spacial score (nSPS) is 16.6. The molecule has 1 saturated heterocycles. The van der Waals surface area contributed by atoms with E-state index < -0.39 is 11.7 Å². The van der Waals surface area contributed by atoms with E-state index in [-0.39, 0.29) is 6.04 Å². The Labute approximate surface area is 126 Å². The quantitative estimate of drug-likeness (QED) is 0.841. The Hall–Kier alpha value is -1.75. The molecule has 0 bridgehead atoms. The lowest BCUT2D eigenvalue weighted by Gasteiger charge is -2.34. The van der Waals surface area contributed by atoms with Crippen molar-refractivity contribution in [1.82, 2.24) is 10.9 Å². The topological polar surface area (TPSA) is 53.6 Å². The molecule has 21 heavy (non-hydrogen) atoms. The molecule has 1 aromatic rings. The number of hydrogen-bond donors (Lipinski definition) is 2. The molecule has 1 aliphatic rings. The van der Waals surface area contributed by atoms with Crippen molar-refractivity contribution in [3.8, 4) is 0 Å². The zero-order chi connectivity index (χ0) is 15.3. The summed E-state index contributed by atoms with van der Waals surface area (Å²) in [5, 5.41) is 0. The molecule has 1 aliphatic heterocycles. The van der Waals surface area contributed by atoms with E-state index in [1.807, 2.05) is 26.8 Å². The van der Waals surface area contributed by atoms with Crippen molar-refractivity contribution in [1.29, 1.82) is 0 Å². The number of amides is 1. The fourth-order valence-electron chi connectivity index (χ4n) is 2.39. The van der Waals surface area contributed by atoms with Gasteiger partial charge in [0.15, 0.2) is 0 Å². The molecule has 0 radical (unpaired) electrons. The summed E-state index contributed by atoms with van der Waals surface area (Å²) in [5.74, 6) is 0.